The van der Waals surface area contributed by atoms with E-state index in [0.29, 0.717) is 17.2 Å². The van der Waals surface area contributed by atoms with Crippen LogP contribution in [0.5, 0.6) is 5.75 Å². The van der Waals surface area contributed by atoms with Crippen LogP contribution < -0.4 is 20.7 Å². The number of anilines is 2. The van der Waals surface area contributed by atoms with Crippen molar-refractivity contribution in [3.05, 3.63) is 88.9 Å². The highest BCUT2D eigenvalue weighted by Gasteiger charge is 2.25. The summed E-state index contributed by atoms with van der Waals surface area (Å²) in [5, 5.41) is 12.7. The number of aromatic nitrogens is 2. The monoisotopic (exact) mass is 568 g/mol. The summed E-state index contributed by atoms with van der Waals surface area (Å²) in [7, 11) is 3.34. The van der Waals surface area contributed by atoms with Crippen LogP contribution in [0, 0.1) is 11.6 Å². The van der Waals surface area contributed by atoms with Crippen molar-refractivity contribution in [3.8, 4) is 11.4 Å². The van der Waals surface area contributed by atoms with Crippen LogP contribution in [0.1, 0.15) is 30.9 Å². The Hall–Kier alpha value is -4.38. The van der Waals surface area contributed by atoms with E-state index < -0.39 is 23.7 Å². The lowest BCUT2D eigenvalue weighted by Crippen LogP contribution is -2.41. The number of allylic oxidation sites excluding steroid dienone is 1. The first-order valence-electron chi connectivity index (χ1n) is 12.7. The Morgan fingerprint density at radius 3 is 2.48 bits per heavy atom. The predicted molar refractivity (Wildman–Crippen MR) is 148 cm³/mol. The molecule has 2 aliphatic rings. The SMILES string of the molecule is CNC(=O)C1C=C(Oc2ccc(NC(=O)Nc3cc(C4CCC4)nn3-c3cc(F)cc(F)c3)c(Cl)c2)C=CN1C. The number of amides is 3. The number of nitrogens with one attached hydrogen (secondary N) is 3. The summed E-state index contributed by atoms with van der Waals surface area (Å²) in [5.41, 5.74) is 1.19. The summed E-state index contributed by atoms with van der Waals surface area (Å²) in [6.45, 7) is 0. The van der Waals surface area contributed by atoms with Gasteiger partial charge in [0.15, 0.2) is 0 Å². The molecule has 1 fully saturated rings. The Bertz CT molecular complexity index is 1500. The minimum Gasteiger partial charge on any atom is -0.458 e. The normalized spacial score (nSPS) is 16.7. The number of ether oxygens (including phenoxy) is 1. The molecule has 0 spiro atoms. The fourth-order valence-electron chi connectivity index (χ4n) is 4.41. The van der Waals surface area contributed by atoms with Crippen LogP contribution in [0.25, 0.3) is 5.69 Å². The predicted octanol–water partition coefficient (Wildman–Crippen LogP) is 5.55. The van der Waals surface area contributed by atoms with E-state index in [9.17, 15) is 18.4 Å². The molecule has 1 atom stereocenters. The van der Waals surface area contributed by atoms with Gasteiger partial charge in [-0.15, -0.1) is 0 Å². The van der Waals surface area contributed by atoms with E-state index in [2.05, 4.69) is 21.0 Å². The van der Waals surface area contributed by atoms with Crippen LogP contribution >= 0.6 is 11.6 Å². The Morgan fingerprint density at radius 2 is 1.82 bits per heavy atom. The molecule has 0 saturated heterocycles. The summed E-state index contributed by atoms with van der Waals surface area (Å²) < 4.78 is 35.0. The number of hydrogen-bond acceptors (Lipinski definition) is 5. The van der Waals surface area contributed by atoms with Crippen LogP contribution in [0.2, 0.25) is 5.02 Å². The third-order valence-corrected chi connectivity index (χ3v) is 7.07. The minimum atomic E-state index is -0.754. The molecule has 2 heterocycles. The molecule has 0 bridgehead atoms. The number of benzene rings is 2. The van der Waals surface area contributed by atoms with Gasteiger partial charge < -0.3 is 20.3 Å². The third-order valence-electron chi connectivity index (χ3n) is 6.76. The van der Waals surface area contributed by atoms with Crippen molar-refractivity contribution in [1.82, 2.24) is 20.0 Å². The molecule has 2 aromatic carbocycles. The van der Waals surface area contributed by atoms with Crippen LogP contribution in [-0.2, 0) is 4.79 Å². The number of likely N-dealkylation sites (N-methyl/N-ethyl adjacent to an activating group) is 2. The quantitative estimate of drug-likeness (QED) is 0.347. The molecule has 1 saturated carbocycles. The number of rotatable bonds is 7. The largest absolute Gasteiger partial charge is 0.458 e. The zero-order chi connectivity index (χ0) is 28.4. The summed E-state index contributed by atoms with van der Waals surface area (Å²) in [4.78, 5) is 26.8. The first-order chi connectivity index (χ1) is 19.2. The molecular formula is C28H27ClF2N6O3. The topological polar surface area (TPSA) is 101 Å². The van der Waals surface area contributed by atoms with Gasteiger partial charge in [0, 0.05) is 44.4 Å². The zero-order valence-corrected chi connectivity index (χ0v) is 22.5. The summed E-state index contributed by atoms with van der Waals surface area (Å²) >= 11 is 6.42. The van der Waals surface area contributed by atoms with Gasteiger partial charge in [-0.3, -0.25) is 10.1 Å². The summed E-state index contributed by atoms with van der Waals surface area (Å²) in [5.74, 6) is -0.334. The Labute approximate surface area is 234 Å². The van der Waals surface area contributed by atoms with Crippen LogP contribution in [0.15, 0.2) is 66.6 Å². The molecule has 1 aromatic heterocycles. The third kappa shape index (κ3) is 5.94. The highest BCUT2D eigenvalue weighted by atomic mass is 35.5. The standard InChI is InChI=1S/C28H27ClF2N6O3/c1-32-27(38)25-14-21(8-9-36(25)2)40-20-6-7-23(22(29)13-20)33-28(39)34-26-15-24(16-4-3-5-16)35-37(26)19-11-17(30)10-18(31)12-19/h6-16,25H,3-5H2,1-2H3,(H,32,38)(H2,33,34,39). The first kappa shape index (κ1) is 27.2. The van der Waals surface area contributed by atoms with Crippen LogP contribution in [0.3, 0.4) is 0 Å². The molecule has 1 unspecified atom stereocenters. The molecule has 1 aliphatic heterocycles. The van der Waals surface area contributed by atoms with Crippen molar-refractivity contribution in [1.29, 1.82) is 0 Å². The van der Waals surface area contributed by atoms with E-state index in [-0.39, 0.29) is 28.4 Å². The number of carbonyl (C=O) groups excluding carboxylic acids is 2. The second-order valence-electron chi connectivity index (χ2n) is 9.55. The molecule has 3 amide bonds. The summed E-state index contributed by atoms with van der Waals surface area (Å²) in [6.07, 6.45) is 8.12. The van der Waals surface area contributed by atoms with Gasteiger partial charge in [0.25, 0.3) is 0 Å². The fraction of sp³-hybridized carbons (Fsp3) is 0.250. The van der Waals surface area contributed by atoms with E-state index in [1.165, 1.54) is 10.7 Å². The smallest absolute Gasteiger partial charge is 0.324 e. The second-order valence-corrected chi connectivity index (χ2v) is 9.96. The average molecular weight is 569 g/mol. The van der Waals surface area contributed by atoms with Crippen molar-refractivity contribution < 1.29 is 23.1 Å². The Balaban J connectivity index is 1.30. The van der Waals surface area contributed by atoms with Gasteiger partial charge in [-0.2, -0.15) is 5.10 Å². The molecular weight excluding hydrogens is 542 g/mol. The van der Waals surface area contributed by atoms with Gasteiger partial charge in [0.1, 0.15) is 35.0 Å². The number of carbonyl (C=O) groups is 2. The van der Waals surface area contributed by atoms with Crippen molar-refractivity contribution in [2.45, 2.75) is 31.2 Å². The van der Waals surface area contributed by atoms with Crippen molar-refractivity contribution in [2.75, 3.05) is 24.7 Å². The maximum absolute atomic E-state index is 13.9. The second kappa shape index (κ2) is 11.4. The Morgan fingerprint density at radius 1 is 1.07 bits per heavy atom. The first-order valence-corrected chi connectivity index (χ1v) is 13.0. The molecule has 1 aliphatic carbocycles. The van der Waals surface area contributed by atoms with E-state index >= 15 is 0 Å². The van der Waals surface area contributed by atoms with Gasteiger partial charge in [-0.25, -0.2) is 18.3 Å². The molecule has 208 valence electrons. The molecule has 5 rings (SSSR count). The molecule has 3 N–H and O–H groups in total. The molecule has 3 aromatic rings. The number of urea groups is 1. The molecule has 9 nitrogen and oxygen atoms in total. The van der Waals surface area contributed by atoms with Gasteiger partial charge in [-0.05, 0) is 49.3 Å². The van der Waals surface area contributed by atoms with Crippen LogP contribution in [-0.4, -0.2) is 46.8 Å². The summed E-state index contributed by atoms with van der Waals surface area (Å²) in [6, 6.07) is 8.36. The number of hydrogen-bond donors (Lipinski definition) is 3. The highest BCUT2D eigenvalue weighted by Crippen LogP contribution is 2.37. The Kier molecular flexibility index (Phi) is 7.74. The van der Waals surface area contributed by atoms with Crippen LogP contribution in [0.4, 0.5) is 25.1 Å². The average Bonchev–Trinajstić information content (AvgIpc) is 3.27. The lowest BCUT2D eigenvalue weighted by Gasteiger charge is -2.26. The molecule has 40 heavy (non-hydrogen) atoms. The highest BCUT2D eigenvalue weighted by molar-refractivity contribution is 6.34. The van der Waals surface area contributed by atoms with Gasteiger partial charge in [-0.1, -0.05) is 18.0 Å². The van der Waals surface area contributed by atoms with E-state index in [1.807, 2.05) is 0 Å². The van der Waals surface area contributed by atoms with Crippen molar-refractivity contribution in [2.24, 2.45) is 0 Å². The maximum Gasteiger partial charge on any atom is 0.324 e. The van der Waals surface area contributed by atoms with Gasteiger partial charge in [0.2, 0.25) is 5.91 Å². The van der Waals surface area contributed by atoms with Crippen molar-refractivity contribution in [3.63, 3.8) is 0 Å². The molecule has 12 heteroatoms. The maximum atomic E-state index is 13.9. The minimum absolute atomic E-state index is 0.147. The van der Waals surface area contributed by atoms with E-state index in [0.717, 1.165) is 43.2 Å². The lowest BCUT2D eigenvalue weighted by atomic mass is 9.83. The number of halogens is 3. The zero-order valence-electron chi connectivity index (χ0n) is 21.7. The lowest BCUT2D eigenvalue weighted by molar-refractivity contribution is -0.123. The van der Waals surface area contributed by atoms with E-state index in [4.69, 9.17) is 16.3 Å². The molecule has 0 radical (unpaired) electrons. The van der Waals surface area contributed by atoms with Gasteiger partial charge in [0.05, 0.1) is 22.1 Å². The van der Waals surface area contributed by atoms with E-state index in [1.54, 1.807) is 55.5 Å². The number of nitrogens with zero attached hydrogens (tertiary/aromatic N) is 3. The van der Waals surface area contributed by atoms with Crippen molar-refractivity contribution >= 4 is 35.0 Å². The fourth-order valence-corrected chi connectivity index (χ4v) is 4.62. The van der Waals surface area contributed by atoms with Gasteiger partial charge >= 0.3 is 6.03 Å².